The first-order valence-electron chi connectivity index (χ1n) is 8.61. The van der Waals surface area contributed by atoms with Gasteiger partial charge in [-0.05, 0) is 54.0 Å². The van der Waals surface area contributed by atoms with E-state index in [1.54, 1.807) is 36.4 Å². The molecule has 3 nitrogen and oxygen atoms in total. The topological polar surface area (TPSA) is 35.5 Å². The van der Waals surface area contributed by atoms with E-state index in [-0.39, 0.29) is 5.78 Å². The van der Waals surface area contributed by atoms with Crippen LogP contribution in [0.3, 0.4) is 0 Å². The number of ketones is 1. The van der Waals surface area contributed by atoms with Crippen molar-refractivity contribution in [3.05, 3.63) is 99.8 Å². The Balaban J connectivity index is 1.52. The van der Waals surface area contributed by atoms with E-state index < -0.39 is 0 Å². The molecule has 1 heterocycles. The Morgan fingerprint density at radius 1 is 1.04 bits per heavy atom. The molecule has 0 aliphatic carbocycles. The molecule has 4 rings (SSSR count). The van der Waals surface area contributed by atoms with Gasteiger partial charge in [0.25, 0.3) is 0 Å². The van der Waals surface area contributed by atoms with Gasteiger partial charge in [-0.15, -0.1) is 0 Å². The number of hydrogen-bond acceptors (Lipinski definition) is 3. The van der Waals surface area contributed by atoms with Crippen LogP contribution in [0.4, 0.5) is 0 Å². The molecule has 0 spiro atoms. The van der Waals surface area contributed by atoms with Gasteiger partial charge in [0, 0.05) is 11.1 Å². The molecule has 134 valence electrons. The molecule has 0 atom stereocenters. The van der Waals surface area contributed by atoms with Crippen LogP contribution in [0, 0.1) is 6.92 Å². The summed E-state index contributed by atoms with van der Waals surface area (Å²) in [5.74, 6) is 1.34. The Labute approximate surface area is 162 Å². The predicted octanol–water partition coefficient (Wildman–Crippen LogP) is 5.84. The quantitative estimate of drug-likeness (QED) is 0.536. The van der Waals surface area contributed by atoms with E-state index in [0.29, 0.717) is 34.5 Å². The van der Waals surface area contributed by atoms with E-state index in [1.807, 2.05) is 30.3 Å². The van der Waals surface area contributed by atoms with Gasteiger partial charge in [0.2, 0.25) is 5.78 Å². The molecule has 0 saturated heterocycles. The summed E-state index contributed by atoms with van der Waals surface area (Å²) in [5, 5.41) is 0.648. The molecule has 4 heteroatoms. The third-order valence-electron chi connectivity index (χ3n) is 4.46. The summed E-state index contributed by atoms with van der Waals surface area (Å²) in [5.41, 5.74) is 3.70. The molecular weight excluding hydrogens is 360 g/mol. The van der Waals surface area contributed by atoms with Crippen LogP contribution in [0.2, 0.25) is 5.02 Å². The van der Waals surface area contributed by atoms with Crippen molar-refractivity contribution in [3.8, 4) is 11.5 Å². The second-order valence-corrected chi connectivity index (χ2v) is 6.80. The first-order valence-corrected chi connectivity index (χ1v) is 8.99. The molecule has 3 aromatic carbocycles. The summed E-state index contributed by atoms with van der Waals surface area (Å²) in [7, 11) is 0. The van der Waals surface area contributed by atoms with Gasteiger partial charge in [-0.25, -0.2) is 0 Å². The maximum atomic E-state index is 12.5. The zero-order chi connectivity index (χ0) is 18.8. The van der Waals surface area contributed by atoms with E-state index in [1.165, 1.54) is 5.56 Å². The number of fused-ring (bicyclic) bond motifs is 1. The van der Waals surface area contributed by atoms with Gasteiger partial charge in [0.15, 0.2) is 5.76 Å². The highest BCUT2D eigenvalue weighted by Gasteiger charge is 2.27. The number of halogens is 1. The van der Waals surface area contributed by atoms with Crippen LogP contribution in [0.5, 0.6) is 11.5 Å². The number of allylic oxidation sites excluding steroid dienone is 1. The number of hydrogen-bond donors (Lipinski definition) is 0. The molecule has 0 amide bonds. The molecule has 1 aliphatic heterocycles. The van der Waals surface area contributed by atoms with Gasteiger partial charge >= 0.3 is 0 Å². The minimum atomic E-state index is -0.134. The lowest BCUT2D eigenvalue weighted by Gasteiger charge is -2.09. The molecule has 0 radical (unpaired) electrons. The standard InChI is InChI=1S/C23H17ClO3/c1-15-4-2-3-5-17(15)14-26-19-10-11-20-21(13-19)27-22(23(20)25)12-16-6-8-18(24)9-7-16/h2-13H,14H2,1H3/b22-12-. The minimum Gasteiger partial charge on any atom is -0.489 e. The van der Waals surface area contributed by atoms with E-state index in [2.05, 4.69) is 13.0 Å². The highest BCUT2D eigenvalue weighted by atomic mass is 35.5. The number of carbonyl (C=O) groups is 1. The molecular formula is C23H17ClO3. The third-order valence-corrected chi connectivity index (χ3v) is 4.72. The normalized spacial score (nSPS) is 14.1. The zero-order valence-electron chi connectivity index (χ0n) is 14.7. The summed E-state index contributed by atoms with van der Waals surface area (Å²) in [6.07, 6.45) is 1.71. The van der Waals surface area contributed by atoms with E-state index in [9.17, 15) is 4.79 Å². The number of benzene rings is 3. The monoisotopic (exact) mass is 376 g/mol. The van der Waals surface area contributed by atoms with Gasteiger partial charge in [0.1, 0.15) is 18.1 Å². The number of aryl methyl sites for hydroxylation is 1. The highest BCUT2D eigenvalue weighted by molar-refractivity contribution is 6.30. The van der Waals surface area contributed by atoms with E-state index >= 15 is 0 Å². The van der Waals surface area contributed by atoms with Crippen molar-refractivity contribution in [2.75, 3.05) is 0 Å². The first-order chi connectivity index (χ1) is 13.1. The van der Waals surface area contributed by atoms with Crippen molar-refractivity contribution >= 4 is 23.5 Å². The predicted molar refractivity (Wildman–Crippen MR) is 106 cm³/mol. The van der Waals surface area contributed by atoms with Crippen molar-refractivity contribution in [1.82, 2.24) is 0 Å². The van der Waals surface area contributed by atoms with Crippen LogP contribution in [0.1, 0.15) is 27.0 Å². The molecule has 0 unspecified atom stereocenters. The van der Waals surface area contributed by atoms with Crippen molar-refractivity contribution in [3.63, 3.8) is 0 Å². The van der Waals surface area contributed by atoms with Crippen LogP contribution < -0.4 is 9.47 Å². The number of carbonyl (C=O) groups excluding carboxylic acids is 1. The van der Waals surface area contributed by atoms with E-state index in [4.69, 9.17) is 21.1 Å². The smallest absolute Gasteiger partial charge is 0.231 e. The van der Waals surface area contributed by atoms with E-state index in [0.717, 1.165) is 11.1 Å². The molecule has 0 bridgehead atoms. The van der Waals surface area contributed by atoms with Crippen LogP contribution in [-0.4, -0.2) is 5.78 Å². The summed E-state index contributed by atoms with van der Waals surface area (Å²) < 4.78 is 11.6. The molecule has 0 saturated carbocycles. The maximum Gasteiger partial charge on any atom is 0.231 e. The van der Waals surface area contributed by atoms with Crippen molar-refractivity contribution in [2.45, 2.75) is 13.5 Å². The second kappa shape index (κ2) is 7.29. The fraction of sp³-hybridized carbons (Fsp3) is 0.0870. The van der Waals surface area contributed by atoms with Gasteiger partial charge < -0.3 is 9.47 Å². The first kappa shape index (κ1) is 17.4. The van der Waals surface area contributed by atoms with Crippen LogP contribution in [0.25, 0.3) is 6.08 Å². The Morgan fingerprint density at radius 2 is 1.81 bits per heavy atom. The van der Waals surface area contributed by atoms with Crippen molar-refractivity contribution in [2.24, 2.45) is 0 Å². The summed E-state index contributed by atoms with van der Waals surface area (Å²) in [6, 6.07) is 20.6. The molecule has 3 aromatic rings. The number of Topliss-reactive ketones (excluding diaryl/α,β-unsaturated/α-hetero) is 1. The number of rotatable bonds is 4. The van der Waals surface area contributed by atoms with Crippen molar-refractivity contribution in [1.29, 1.82) is 0 Å². The molecule has 0 fully saturated rings. The van der Waals surface area contributed by atoms with Gasteiger partial charge in [0.05, 0.1) is 5.56 Å². The molecule has 27 heavy (non-hydrogen) atoms. The SMILES string of the molecule is Cc1ccccc1COc1ccc2c(c1)O/C(=C\c1ccc(Cl)cc1)C2=O. The zero-order valence-corrected chi connectivity index (χ0v) is 15.5. The maximum absolute atomic E-state index is 12.5. The lowest BCUT2D eigenvalue weighted by molar-refractivity contribution is 0.101. The lowest BCUT2D eigenvalue weighted by atomic mass is 10.1. The summed E-state index contributed by atoms with van der Waals surface area (Å²) >= 11 is 5.90. The molecule has 1 aliphatic rings. The lowest BCUT2D eigenvalue weighted by Crippen LogP contribution is -1.98. The Hall–Kier alpha value is -3.04. The van der Waals surface area contributed by atoms with Crippen LogP contribution in [0.15, 0.2) is 72.5 Å². The fourth-order valence-electron chi connectivity index (χ4n) is 2.90. The average Bonchev–Trinajstić information content (AvgIpc) is 2.98. The fourth-order valence-corrected chi connectivity index (χ4v) is 3.03. The van der Waals surface area contributed by atoms with Gasteiger partial charge in [-0.2, -0.15) is 0 Å². The van der Waals surface area contributed by atoms with Gasteiger partial charge in [-0.3, -0.25) is 4.79 Å². The Bertz CT molecular complexity index is 1040. The summed E-state index contributed by atoms with van der Waals surface area (Å²) in [6.45, 7) is 2.52. The van der Waals surface area contributed by atoms with Crippen molar-refractivity contribution < 1.29 is 14.3 Å². The van der Waals surface area contributed by atoms with Crippen LogP contribution >= 0.6 is 11.6 Å². The van der Waals surface area contributed by atoms with Crippen LogP contribution in [-0.2, 0) is 6.61 Å². The second-order valence-electron chi connectivity index (χ2n) is 6.36. The summed E-state index contributed by atoms with van der Waals surface area (Å²) in [4.78, 5) is 12.5. The highest BCUT2D eigenvalue weighted by Crippen LogP contribution is 2.35. The largest absolute Gasteiger partial charge is 0.489 e. The molecule has 0 aromatic heterocycles. The van der Waals surface area contributed by atoms with Gasteiger partial charge in [-0.1, -0.05) is 48.0 Å². The molecule has 0 N–H and O–H groups in total. The number of ether oxygens (including phenoxy) is 2. The third kappa shape index (κ3) is 3.74. The average molecular weight is 377 g/mol. The minimum absolute atomic E-state index is 0.134. The Morgan fingerprint density at radius 3 is 2.59 bits per heavy atom. The Kier molecular flexibility index (Phi) is 4.69.